The quantitative estimate of drug-likeness (QED) is 0.930. The molecule has 0 spiro atoms. The highest BCUT2D eigenvalue weighted by molar-refractivity contribution is 8.06. The van der Waals surface area contributed by atoms with Crippen molar-refractivity contribution in [2.24, 2.45) is 5.73 Å². The van der Waals surface area contributed by atoms with Gasteiger partial charge in [-0.1, -0.05) is 24.2 Å². The zero-order valence-corrected chi connectivity index (χ0v) is 13.6. The summed E-state index contributed by atoms with van der Waals surface area (Å²) in [5.74, 6) is 3.78. The number of rotatable bonds is 4. The van der Waals surface area contributed by atoms with E-state index in [4.69, 9.17) is 10.3 Å². The third-order valence-corrected chi connectivity index (χ3v) is 6.80. The van der Waals surface area contributed by atoms with Crippen LogP contribution in [-0.2, 0) is 6.54 Å². The molecule has 2 aromatic rings. The molecule has 1 aliphatic heterocycles. The molecule has 4 nitrogen and oxygen atoms in total. The zero-order chi connectivity index (χ0) is 14.7. The van der Waals surface area contributed by atoms with Gasteiger partial charge in [0.15, 0.2) is 5.82 Å². The van der Waals surface area contributed by atoms with Crippen molar-refractivity contribution in [1.29, 1.82) is 0 Å². The SMILES string of the molecule is CCC1SCCSC1c1noc(-c2cccc(CN)c2)n1. The van der Waals surface area contributed by atoms with E-state index in [1.165, 1.54) is 5.75 Å². The molecule has 2 N–H and O–H groups in total. The Bertz CT molecular complexity index is 602. The summed E-state index contributed by atoms with van der Waals surface area (Å²) in [6, 6.07) is 7.97. The summed E-state index contributed by atoms with van der Waals surface area (Å²) >= 11 is 3.96. The van der Waals surface area contributed by atoms with Crippen molar-refractivity contribution in [2.75, 3.05) is 11.5 Å². The zero-order valence-electron chi connectivity index (χ0n) is 12.0. The Morgan fingerprint density at radius 1 is 1.33 bits per heavy atom. The molecule has 0 aliphatic carbocycles. The summed E-state index contributed by atoms with van der Waals surface area (Å²) in [5, 5.41) is 5.13. The van der Waals surface area contributed by atoms with Gasteiger partial charge in [0.2, 0.25) is 0 Å². The highest BCUT2D eigenvalue weighted by Gasteiger charge is 2.30. The first-order valence-electron chi connectivity index (χ1n) is 7.18. The minimum absolute atomic E-state index is 0.337. The lowest BCUT2D eigenvalue weighted by molar-refractivity contribution is 0.421. The number of hydrogen-bond donors (Lipinski definition) is 1. The van der Waals surface area contributed by atoms with Crippen LogP contribution >= 0.6 is 23.5 Å². The van der Waals surface area contributed by atoms with Crippen LogP contribution in [0.2, 0.25) is 0 Å². The summed E-state index contributed by atoms with van der Waals surface area (Å²) in [6.45, 7) is 2.74. The molecule has 3 rings (SSSR count). The fourth-order valence-electron chi connectivity index (χ4n) is 2.44. The van der Waals surface area contributed by atoms with Gasteiger partial charge in [-0.05, 0) is 24.1 Å². The molecule has 1 aliphatic rings. The summed E-state index contributed by atoms with van der Waals surface area (Å²) < 4.78 is 5.47. The van der Waals surface area contributed by atoms with E-state index in [9.17, 15) is 0 Å². The lowest BCUT2D eigenvalue weighted by Crippen LogP contribution is -2.19. The Labute approximate surface area is 133 Å². The topological polar surface area (TPSA) is 64.9 Å². The normalized spacial score (nSPS) is 22.4. The van der Waals surface area contributed by atoms with Crippen LogP contribution in [0.3, 0.4) is 0 Å². The fourth-order valence-corrected chi connectivity index (χ4v) is 5.42. The molecule has 0 bridgehead atoms. The van der Waals surface area contributed by atoms with Gasteiger partial charge in [0.05, 0.1) is 5.25 Å². The Balaban J connectivity index is 1.85. The number of thioether (sulfide) groups is 2. The van der Waals surface area contributed by atoms with Crippen molar-refractivity contribution in [3.05, 3.63) is 35.7 Å². The van der Waals surface area contributed by atoms with Gasteiger partial charge in [-0.3, -0.25) is 0 Å². The molecule has 1 aromatic heterocycles. The van der Waals surface area contributed by atoms with E-state index in [1.807, 2.05) is 47.8 Å². The lowest BCUT2D eigenvalue weighted by atomic mass is 10.1. The molecule has 1 aromatic carbocycles. The van der Waals surface area contributed by atoms with E-state index in [0.29, 0.717) is 22.9 Å². The van der Waals surface area contributed by atoms with Crippen LogP contribution in [-0.4, -0.2) is 26.9 Å². The van der Waals surface area contributed by atoms with Crippen molar-refractivity contribution < 1.29 is 4.52 Å². The first kappa shape index (κ1) is 14.9. The predicted molar refractivity (Wildman–Crippen MR) is 89.4 cm³/mol. The van der Waals surface area contributed by atoms with Crippen LogP contribution in [0.25, 0.3) is 11.5 Å². The van der Waals surface area contributed by atoms with Crippen LogP contribution in [0.4, 0.5) is 0 Å². The maximum atomic E-state index is 5.68. The molecule has 112 valence electrons. The van der Waals surface area contributed by atoms with Gasteiger partial charge in [-0.2, -0.15) is 16.7 Å². The van der Waals surface area contributed by atoms with Gasteiger partial charge in [0, 0.05) is 28.9 Å². The largest absolute Gasteiger partial charge is 0.334 e. The summed E-state index contributed by atoms with van der Waals surface area (Å²) in [5.41, 5.74) is 7.70. The molecule has 21 heavy (non-hydrogen) atoms. The molecule has 0 amide bonds. The van der Waals surface area contributed by atoms with Crippen LogP contribution in [0.1, 0.15) is 30.0 Å². The minimum atomic E-state index is 0.337. The number of hydrogen-bond acceptors (Lipinski definition) is 6. The van der Waals surface area contributed by atoms with E-state index in [2.05, 4.69) is 17.1 Å². The molecule has 2 atom stereocenters. The van der Waals surface area contributed by atoms with Crippen LogP contribution in [0, 0.1) is 0 Å². The van der Waals surface area contributed by atoms with Crippen LogP contribution in [0.5, 0.6) is 0 Å². The molecule has 2 heterocycles. The third-order valence-electron chi connectivity index (χ3n) is 3.56. The van der Waals surface area contributed by atoms with Crippen molar-refractivity contribution in [3.63, 3.8) is 0 Å². The second-order valence-corrected chi connectivity index (χ2v) is 7.57. The first-order valence-corrected chi connectivity index (χ1v) is 9.27. The number of aromatic nitrogens is 2. The summed E-state index contributed by atoms with van der Waals surface area (Å²) in [4.78, 5) is 4.63. The van der Waals surface area contributed by atoms with Gasteiger partial charge < -0.3 is 10.3 Å². The Kier molecular flexibility index (Phi) is 4.87. The summed E-state index contributed by atoms with van der Waals surface area (Å²) in [6.07, 6.45) is 1.13. The minimum Gasteiger partial charge on any atom is -0.334 e. The fraction of sp³-hybridized carbons (Fsp3) is 0.467. The average Bonchev–Trinajstić information content (AvgIpc) is 3.04. The molecule has 2 unspecified atom stereocenters. The van der Waals surface area contributed by atoms with Gasteiger partial charge in [0.25, 0.3) is 5.89 Å². The number of benzene rings is 1. The molecule has 6 heteroatoms. The predicted octanol–water partition coefficient (Wildman–Crippen LogP) is 3.50. The van der Waals surface area contributed by atoms with E-state index < -0.39 is 0 Å². The Hall–Kier alpha value is -0.980. The third kappa shape index (κ3) is 3.27. The smallest absolute Gasteiger partial charge is 0.257 e. The summed E-state index contributed by atoms with van der Waals surface area (Å²) in [7, 11) is 0. The van der Waals surface area contributed by atoms with Crippen molar-refractivity contribution in [2.45, 2.75) is 30.4 Å². The second kappa shape index (κ2) is 6.85. The van der Waals surface area contributed by atoms with Crippen molar-refractivity contribution in [3.8, 4) is 11.5 Å². The van der Waals surface area contributed by atoms with Crippen LogP contribution in [0.15, 0.2) is 28.8 Å². The Morgan fingerprint density at radius 2 is 2.19 bits per heavy atom. The van der Waals surface area contributed by atoms with E-state index in [0.717, 1.165) is 29.1 Å². The standard InChI is InChI=1S/C15H19N3OS2/c1-2-12-13(21-7-6-20-12)14-17-15(19-18-14)11-5-3-4-10(8-11)9-16/h3-5,8,12-13H,2,6-7,9,16H2,1H3. The second-order valence-electron chi connectivity index (χ2n) is 4.97. The molecule has 0 saturated carbocycles. The number of nitrogens with zero attached hydrogens (tertiary/aromatic N) is 2. The highest BCUT2D eigenvalue weighted by atomic mass is 32.2. The Morgan fingerprint density at radius 3 is 3.00 bits per heavy atom. The molecular formula is C15H19N3OS2. The van der Waals surface area contributed by atoms with E-state index in [1.54, 1.807) is 0 Å². The van der Waals surface area contributed by atoms with Gasteiger partial charge >= 0.3 is 0 Å². The van der Waals surface area contributed by atoms with E-state index >= 15 is 0 Å². The maximum absolute atomic E-state index is 5.68. The maximum Gasteiger partial charge on any atom is 0.257 e. The number of nitrogens with two attached hydrogens (primary N) is 1. The lowest BCUT2D eigenvalue weighted by Gasteiger charge is -2.27. The monoisotopic (exact) mass is 321 g/mol. The molecular weight excluding hydrogens is 302 g/mol. The van der Waals surface area contributed by atoms with Gasteiger partial charge in [-0.15, -0.1) is 11.8 Å². The first-order chi connectivity index (χ1) is 10.3. The average molecular weight is 321 g/mol. The van der Waals surface area contributed by atoms with E-state index in [-0.39, 0.29) is 0 Å². The van der Waals surface area contributed by atoms with Gasteiger partial charge in [-0.25, -0.2) is 0 Å². The molecule has 1 fully saturated rings. The van der Waals surface area contributed by atoms with Crippen LogP contribution < -0.4 is 5.73 Å². The van der Waals surface area contributed by atoms with Gasteiger partial charge in [0.1, 0.15) is 0 Å². The molecule has 0 radical (unpaired) electrons. The highest BCUT2D eigenvalue weighted by Crippen LogP contribution is 2.43. The van der Waals surface area contributed by atoms with Crippen molar-refractivity contribution >= 4 is 23.5 Å². The molecule has 1 saturated heterocycles. The van der Waals surface area contributed by atoms with Crippen molar-refractivity contribution in [1.82, 2.24) is 10.1 Å².